The van der Waals surface area contributed by atoms with Gasteiger partial charge in [-0.15, -0.1) is 0 Å². The first-order chi connectivity index (χ1) is 18.2. The predicted octanol–water partition coefficient (Wildman–Crippen LogP) is 6.75. The van der Waals surface area contributed by atoms with E-state index in [9.17, 15) is 4.79 Å². The molecule has 2 fully saturated rings. The number of amides is 1. The average Bonchev–Trinajstić information content (AvgIpc) is 3.33. The van der Waals surface area contributed by atoms with Gasteiger partial charge in [-0.2, -0.15) is 0 Å². The van der Waals surface area contributed by atoms with Gasteiger partial charge in [-0.1, -0.05) is 54.6 Å². The third kappa shape index (κ3) is 4.03. The van der Waals surface area contributed by atoms with Crippen LogP contribution in [0.15, 0.2) is 66.7 Å². The Kier molecular flexibility index (Phi) is 5.21. The molecule has 7 rings (SSSR count). The quantitative estimate of drug-likeness (QED) is 0.294. The van der Waals surface area contributed by atoms with E-state index in [4.69, 9.17) is 11.6 Å². The maximum Gasteiger partial charge on any atom is 0.225 e. The summed E-state index contributed by atoms with van der Waals surface area (Å²) in [6, 6.07) is 21.1. The topological polar surface area (TPSA) is 42.5 Å². The largest absolute Gasteiger partial charge is 0.342 e. The van der Waals surface area contributed by atoms with Gasteiger partial charge in [0.2, 0.25) is 5.91 Å². The molecular formula is C32H28N4O. The molecule has 1 amide bonds. The highest BCUT2D eigenvalue weighted by atomic mass is 16.2. The van der Waals surface area contributed by atoms with Crippen LogP contribution in [0.5, 0.6) is 0 Å². The molecule has 1 saturated carbocycles. The fourth-order valence-electron chi connectivity index (χ4n) is 5.85. The molecule has 4 aromatic rings. The zero-order valence-electron chi connectivity index (χ0n) is 20.7. The number of hydrogen-bond acceptors (Lipinski definition) is 2. The van der Waals surface area contributed by atoms with Crippen molar-refractivity contribution in [2.45, 2.75) is 32.2 Å². The average molecular weight is 485 g/mol. The number of nitrogens with zero attached hydrogens (tertiary/aromatic N) is 4. The van der Waals surface area contributed by atoms with Crippen LogP contribution in [-0.4, -0.2) is 33.4 Å². The van der Waals surface area contributed by atoms with Crippen molar-refractivity contribution in [2.75, 3.05) is 13.1 Å². The zero-order valence-corrected chi connectivity index (χ0v) is 20.7. The lowest BCUT2D eigenvalue weighted by molar-refractivity contribution is -0.131. The molecule has 37 heavy (non-hydrogen) atoms. The van der Waals surface area contributed by atoms with Crippen molar-refractivity contribution in [3.05, 3.63) is 89.3 Å². The fourth-order valence-corrected chi connectivity index (χ4v) is 5.85. The molecule has 1 atom stereocenters. The van der Waals surface area contributed by atoms with E-state index in [2.05, 4.69) is 68.9 Å². The lowest BCUT2D eigenvalue weighted by Crippen LogP contribution is -2.30. The Hall–Kier alpha value is -4.17. The SMILES string of the molecule is [C-]#[N+]c1ccc2nc(-c3ccc(-c4ccc5c(c4)C=CC5)cc3)n(C[C@@H]3CCN(C(=O)C4CC4)C3)c2c1. The van der Waals surface area contributed by atoms with E-state index in [0.717, 1.165) is 67.7 Å². The second-order valence-electron chi connectivity index (χ2n) is 10.6. The van der Waals surface area contributed by atoms with Crippen molar-refractivity contribution in [1.82, 2.24) is 14.5 Å². The van der Waals surface area contributed by atoms with Crippen molar-refractivity contribution >= 4 is 28.7 Å². The molecule has 182 valence electrons. The molecule has 2 aliphatic carbocycles. The molecule has 1 saturated heterocycles. The van der Waals surface area contributed by atoms with E-state index >= 15 is 0 Å². The summed E-state index contributed by atoms with van der Waals surface area (Å²) in [6.45, 7) is 9.95. The van der Waals surface area contributed by atoms with Gasteiger partial charge in [-0.3, -0.25) is 4.79 Å². The van der Waals surface area contributed by atoms with Gasteiger partial charge in [0.25, 0.3) is 0 Å². The first-order valence-electron chi connectivity index (χ1n) is 13.2. The van der Waals surface area contributed by atoms with E-state index in [0.29, 0.717) is 17.5 Å². The molecular weight excluding hydrogens is 456 g/mol. The van der Waals surface area contributed by atoms with Crippen LogP contribution >= 0.6 is 0 Å². The van der Waals surface area contributed by atoms with Crippen LogP contribution in [0.2, 0.25) is 0 Å². The lowest BCUT2D eigenvalue weighted by Gasteiger charge is -2.18. The van der Waals surface area contributed by atoms with Gasteiger partial charge in [0.15, 0.2) is 5.69 Å². The number of likely N-dealkylation sites (tertiary alicyclic amines) is 1. The monoisotopic (exact) mass is 484 g/mol. The van der Waals surface area contributed by atoms with Crippen LogP contribution in [0, 0.1) is 18.4 Å². The summed E-state index contributed by atoms with van der Waals surface area (Å²) >= 11 is 0. The van der Waals surface area contributed by atoms with Gasteiger partial charge < -0.3 is 9.47 Å². The number of allylic oxidation sites excluding steroid dienone is 1. The standard InChI is InChI=1S/C32H28N4O/c1-33-28-13-14-29-30(18-28)36(20-21-15-16-35(19-21)32(37)25-10-11-25)31(34-29)24-8-5-23(6-9-24)27-12-7-22-3-2-4-26(22)17-27/h2,4-9,12-14,17-18,21,25H,3,10-11,15-16,19-20H2/t21-/m1/s1. The number of aromatic nitrogens is 2. The van der Waals surface area contributed by atoms with Crippen molar-refractivity contribution in [2.24, 2.45) is 11.8 Å². The molecule has 0 unspecified atom stereocenters. The minimum absolute atomic E-state index is 0.268. The Morgan fingerprint density at radius 1 is 0.973 bits per heavy atom. The molecule has 0 N–H and O–H groups in total. The Morgan fingerprint density at radius 2 is 1.78 bits per heavy atom. The summed E-state index contributed by atoms with van der Waals surface area (Å²) in [6.07, 6.45) is 8.54. The molecule has 0 bridgehead atoms. The third-order valence-electron chi connectivity index (χ3n) is 8.08. The van der Waals surface area contributed by atoms with E-state index in [1.165, 1.54) is 22.3 Å². The smallest absolute Gasteiger partial charge is 0.225 e. The minimum Gasteiger partial charge on any atom is -0.342 e. The summed E-state index contributed by atoms with van der Waals surface area (Å²) in [5, 5.41) is 0. The van der Waals surface area contributed by atoms with Gasteiger partial charge in [0.05, 0.1) is 17.6 Å². The first kappa shape index (κ1) is 22.1. The van der Waals surface area contributed by atoms with E-state index < -0.39 is 0 Å². The number of carbonyl (C=O) groups excluding carboxylic acids is 1. The summed E-state index contributed by atoms with van der Waals surface area (Å²) in [5.41, 5.74) is 8.69. The van der Waals surface area contributed by atoms with Crippen molar-refractivity contribution < 1.29 is 4.79 Å². The fraction of sp³-hybridized carbons (Fsp3) is 0.281. The summed E-state index contributed by atoms with van der Waals surface area (Å²) in [4.78, 5) is 23.4. The number of benzene rings is 3. The van der Waals surface area contributed by atoms with E-state index in [1.54, 1.807) is 0 Å². The predicted molar refractivity (Wildman–Crippen MR) is 147 cm³/mol. The Bertz CT molecular complexity index is 1600. The summed E-state index contributed by atoms with van der Waals surface area (Å²) in [5.74, 6) is 1.91. The molecule has 3 aliphatic rings. The van der Waals surface area contributed by atoms with Crippen LogP contribution in [0.3, 0.4) is 0 Å². The molecule has 2 heterocycles. The second kappa shape index (κ2) is 8.74. The van der Waals surface area contributed by atoms with Crippen LogP contribution in [0.4, 0.5) is 5.69 Å². The first-order valence-corrected chi connectivity index (χ1v) is 13.2. The molecule has 1 aromatic heterocycles. The van der Waals surface area contributed by atoms with Gasteiger partial charge in [-0.05, 0) is 72.1 Å². The highest BCUT2D eigenvalue weighted by molar-refractivity contribution is 5.85. The van der Waals surface area contributed by atoms with Gasteiger partial charge in [-0.25, -0.2) is 9.83 Å². The number of rotatable bonds is 5. The maximum absolute atomic E-state index is 12.6. The van der Waals surface area contributed by atoms with E-state index in [-0.39, 0.29) is 5.92 Å². The highest BCUT2D eigenvalue weighted by Crippen LogP contribution is 2.35. The molecule has 1 aliphatic heterocycles. The molecule has 5 nitrogen and oxygen atoms in total. The van der Waals surface area contributed by atoms with Gasteiger partial charge >= 0.3 is 0 Å². The van der Waals surface area contributed by atoms with Gasteiger partial charge in [0, 0.05) is 31.1 Å². The Balaban J connectivity index is 1.22. The minimum atomic E-state index is 0.268. The summed E-state index contributed by atoms with van der Waals surface area (Å²) in [7, 11) is 0. The number of imidazole rings is 1. The Morgan fingerprint density at radius 3 is 2.59 bits per heavy atom. The molecule has 3 aromatic carbocycles. The Labute approximate surface area is 216 Å². The number of carbonyl (C=O) groups is 1. The molecule has 0 spiro atoms. The molecule has 0 radical (unpaired) electrons. The van der Waals surface area contributed by atoms with Crippen molar-refractivity contribution in [3.63, 3.8) is 0 Å². The maximum atomic E-state index is 12.6. The second-order valence-corrected chi connectivity index (χ2v) is 10.6. The summed E-state index contributed by atoms with van der Waals surface area (Å²) < 4.78 is 2.27. The zero-order chi connectivity index (χ0) is 24.9. The van der Waals surface area contributed by atoms with E-state index in [1.807, 2.05) is 18.2 Å². The van der Waals surface area contributed by atoms with Crippen molar-refractivity contribution in [1.29, 1.82) is 0 Å². The van der Waals surface area contributed by atoms with Crippen LogP contribution in [0.25, 0.3) is 44.5 Å². The van der Waals surface area contributed by atoms with Crippen LogP contribution in [-0.2, 0) is 17.8 Å². The normalized spacial score (nSPS) is 18.4. The third-order valence-corrected chi connectivity index (χ3v) is 8.08. The number of hydrogen-bond donors (Lipinski definition) is 0. The highest BCUT2D eigenvalue weighted by Gasteiger charge is 2.36. The van der Waals surface area contributed by atoms with Crippen molar-refractivity contribution in [3.8, 4) is 22.5 Å². The molecule has 5 heteroatoms. The van der Waals surface area contributed by atoms with Crippen LogP contribution in [0.1, 0.15) is 30.4 Å². The number of fused-ring (bicyclic) bond motifs is 2. The lowest BCUT2D eigenvalue weighted by atomic mass is 9.99. The van der Waals surface area contributed by atoms with Crippen LogP contribution < -0.4 is 0 Å². The van der Waals surface area contributed by atoms with Gasteiger partial charge in [0.1, 0.15) is 5.82 Å².